The molecule has 0 saturated heterocycles. The summed E-state index contributed by atoms with van der Waals surface area (Å²) in [5, 5.41) is 1.90. The summed E-state index contributed by atoms with van der Waals surface area (Å²) in [5.41, 5.74) is -0.330. The van der Waals surface area contributed by atoms with E-state index in [9.17, 15) is 13.2 Å². The van der Waals surface area contributed by atoms with Gasteiger partial charge in [0.25, 0.3) is 0 Å². The van der Waals surface area contributed by atoms with E-state index in [-0.39, 0.29) is 17.0 Å². The lowest BCUT2D eigenvalue weighted by Crippen LogP contribution is -2.26. The fraction of sp³-hybridized carbons (Fsp3) is 0.182. The van der Waals surface area contributed by atoms with Gasteiger partial charge in [0, 0.05) is 40.6 Å². The maximum absolute atomic E-state index is 12.3. The van der Waals surface area contributed by atoms with Gasteiger partial charge in [-0.05, 0) is 28.1 Å². The van der Waals surface area contributed by atoms with E-state index in [0.717, 1.165) is 9.35 Å². The molecule has 0 fully saturated rings. The first-order valence-electron chi connectivity index (χ1n) is 5.27. The number of hydrogen-bond acceptors (Lipinski definition) is 4. The molecule has 0 atom stereocenters. The summed E-state index contributed by atoms with van der Waals surface area (Å²) >= 11 is 4.81. The van der Waals surface area contributed by atoms with Crippen molar-refractivity contribution in [2.24, 2.45) is 0 Å². The number of rotatable bonds is 4. The van der Waals surface area contributed by atoms with E-state index in [2.05, 4.69) is 20.9 Å². The van der Waals surface area contributed by atoms with E-state index in [1.165, 1.54) is 41.0 Å². The van der Waals surface area contributed by atoms with Crippen LogP contribution in [0.4, 0.5) is 0 Å². The first kappa shape index (κ1) is 14.4. The van der Waals surface area contributed by atoms with Crippen LogP contribution in [0.3, 0.4) is 0 Å². The minimum absolute atomic E-state index is 0.0743. The average molecular weight is 363 g/mol. The summed E-state index contributed by atoms with van der Waals surface area (Å²) in [6.45, 7) is 0.289. The SMILES string of the molecule is CN(Cc1cc(Br)cs1)S(=O)(=O)c1ccc(=O)[nH]c1. The molecule has 0 radical (unpaired) electrons. The molecule has 2 heterocycles. The number of sulfonamides is 1. The smallest absolute Gasteiger partial charge is 0.247 e. The molecule has 8 heteroatoms. The van der Waals surface area contributed by atoms with Gasteiger partial charge in [0.1, 0.15) is 0 Å². The Bertz CT molecular complexity index is 716. The molecule has 1 N–H and O–H groups in total. The molecule has 0 aliphatic carbocycles. The van der Waals surface area contributed by atoms with Gasteiger partial charge in [-0.15, -0.1) is 11.3 Å². The second kappa shape index (κ2) is 5.58. The van der Waals surface area contributed by atoms with E-state index < -0.39 is 10.0 Å². The molecule has 0 saturated carbocycles. The maximum Gasteiger partial charge on any atom is 0.247 e. The Balaban J connectivity index is 2.24. The van der Waals surface area contributed by atoms with Crippen LogP contribution in [0, 0.1) is 0 Å². The normalized spacial score (nSPS) is 11.9. The van der Waals surface area contributed by atoms with E-state index in [1.807, 2.05) is 11.4 Å². The monoisotopic (exact) mass is 362 g/mol. The highest BCUT2D eigenvalue weighted by Crippen LogP contribution is 2.23. The number of aromatic nitrogens is 1. The van der Waals surface area contributed by atoms with Gasteiger partial charge in [-0.3, -0.25) is 4.79 Å². The number of nitrogens with one attached hydrogen (secondary N) is 1. The first-order chi connectivity index (χ1) is 8.89. The predicted octanol–water partition coefficient (Wildman–Crippen LogP) is 2.02. The molecular formula is C11H11BrN2O3S2. The highest BCUT2D eigenvalue weighted by atomic mass is 79.9. The fourth-order valence-corrected chi connectivity index (χ4v) is 4.18. The van der Waals surface area contributed by atoms with Crippen molar-refractivity contribution in [1.29, 1.82) is 0 Å². The van der Waals surface area contributed by atoms with Crippen LogP contribution in [0.2, 0.25) is 0 Å². The summed E-state index contributed by atoms with van der Waals surface area (Å²) < 4.78 is 26.7. The molecule has 19 heavy (non-hydrogen) atoms. The zero-order valence-electron chi connectivity index (χ0n) is 9.96. The Kier molecular flexibility index (Phi) is 4.24. The van der Waals surface area contributed by atoms with Crippen molar-refractivity contribution >= 4 is 37.3 Å². The Morgan fingerprint density at radius 3 is 2.68 bits per heavy atom. The molecule has 0 aliphatic rings. The summed E-state index contributed by atoms with van der Waals surface area (Å²) in [6, 6.07) is 4.38. The minimum Gasteiger partial charge on any atom is -0.328 e. The third-order valence-electron chi connectivity index (χ3n) is 2.46. The summed E-state index contributed by atoms with van der Waals surface area (Å²) in [5.74, 6) is 0. The van der Waals surface area contributed by atoms with Crippen molar-refractivity contribution < 1.29 is 8.42 Å². The second-order valence-electron chi connectivity index (χ2n) is 3.88. The van der Waals surface area contributed by atoms with Crippen LogP contribution < -0.4 is 5.56 Å². The third kappa shape index (κ3) is 3.33. The van der Waals surface area contributed by atoms with Gasteiger partial charge in [-0.25, -0.2) is 8.42 Å². The standard InChI is InChI=1S/C11H11BrN2O3S2/c1-14(6-9-4-8(12)7-18-9)19(16,17)10-2-3-11(15)13-5-10/h2-5,7H,6H2,1H3,(H,13,15). The molecule has 0 aromatic carbocycles. The van der Waals surface area contributed by atoms with Gasteiger partial charge in [0.15, 0.2) is 0 Å². The van der Waals surface area contributed by atoms with Crippen molar-refractivity contribution in [3.05, 3.63) is 49.5 Å². The average Bonchev–Trinajstić information content (AvgIpc) is 2.75. The Morgan fingerprint density at radius 2 is 2.16 bits per heavy atom. The fourth-order valence-electron chi connectivity index (χ4n) is 1.48. The lowest BCUT2D eigenvalue weighted by Gasteiger charge is -2.15. The van der Waals surface area contributed by atoms with Crippen LogP contribution in [-0.4, -0.2) is 24.8 Å². The van der Waals surface area contributed by atoms with E-state index in [0.29, 0.717) is 0 Å². The number of halogens is 1. The molecule has 2 aromatic rings. The molecule has 0 aliphatic heterocycles. The molecular weight excluding hydrogens is 352 g/mol. The van der Waals surface area contributed by atoms with E-state index >= 15 is 0 Å². The lowest BCUT2D eigenvalue weighted by molar-refractivity contribution is 0.469. The number of thiophene rings is 1. The van der Waals surface area contributed by atoms with Crippen molar-refractivity contribution in [3.8, 4) is 0 Å². The number of nitrogens with zero attached hydrogens (tertiary/aromatic N) is 1. The van der Waals surface area contributed by atoms with E-state index in [4.69, 9.17) is 0 Å². The number of hydrogen-bond donors (Lipinski definition) is 1. The third-order valence-corrected chi connectivity index (χ3v) is 5.95. The molecule has 5 nitrogen and oxygen atoms in total. The summed E-state index contributed by atoms with van der Waals surface area (Å²) in [6.07, 6.45) is 1.21. The van der Waals surface area contributed by atoms with Crippen molar-refractivity contribution in [2.45, 2.75) is 11.4 Å². The topological polar surface area (TPSA) is 70.2 Å². The zero-order valence-corrected chi connectivity index (χ0v) is 13.2. The molecule has 0 spiro atoms. The number of aromatic amines is 1. The number of pyridine rings is 1. The molecule has 0 bridgehead atoms. The van der Waals surface area contributed by atoms with Crippen LogP contribution in [0.25, 0.3) is 0 Å². The van der Waals surface area contributed by atoms with Crippen LogP contribution in [0.15, 0.2) is 43.9 Å². The van der Waals surface area contributed by atoms with Crippen molar-refractivity contribution in [3.63, 3.8) is 0 Å². The van der Waals surface area contributed by atoms with Crippen molar-refractivity contribution in [2.75, 3.05) is 7.05 Å². The summed E-state index contributed by atoms with van der Waals surface area (Å²) in [4.78, 5) is 14.3. The zero-order chi connectivity index (χ0) is 14.0. The minimum atomic E-state index is -3.59. The van der Waals surface area contributed by atoms with Gasteiger partial charge >= 0.3 is 0 Å². The molecule has 102 valence electrons. The van der Waals surface area contributed by atoms with Gasteiger partial charge in [0.05, 0.1) is 4.90 Å². The maximum atomic E-state index is 12.3. The lowest BCUT2D eigenvalue weighted by atomic mass is 10.5. The van der Waals surface area contributed by atoms with Crippen LogP contribution in [0.1, 0.15) is 4.88 Å². The van der Waals surface area contributed by atoms with E-state index in [1.54, 1.807) is 0 Å². The largest absolute Gasteiger partial charge is 0.328 e. The van der Waals surface area contributed by atoms with Gasteiger partial charge in [-0.2, -0.15) is 4.31 Å². The molecule has 0 unspecified atom stereocenters. The Morgan fingerprint density at radius 1 is 1.42 bits per heavy atom. The highest BCUT2D eigenvalue weighted by Gasteiger charge is 2.21. The molecule has 0 amide bonds. The highest BCUT2D eigenvalue weighted by molar-refractivity contribution is 9.10. The predicted molar refractivity (Wildman–Crippen MR) is 77.7 cm³/mol. The van der Waals surface area contributed by atoms with Gasteiger partial charge in [-0.1, -0.05) is 0 Å². The van der Waals surface area contributed by atoms with Crippen LogP contribution >= 0.6 is 27.3 Å². The first-order valence-corrected chi connectivity index (χ1v) is 8.39. The van der Waals surface area contributed by atoms with Gasteiger partial charge in [0.2, 0.25) is 15.6 Å². The van der Waals surface area contributed by atoms with Crippen LogP contribution in [-0.2, 0) is 16.6 Å². The summed E-state index contributed by atoms with van der Waals surface area (Å²) in [7, 11) is -2.08. The quantitative estimate of drug-likeness (QED) is 0.904. The second-order valence-corrected chi connectivity index (χ2v) is 7.84. The van der Waals surface area contributed by atoms with Crippen molar-refractivity contribution in [1.82, 2.24) is 9.29 Å². The molecule has 2 aromatic heterocycles. The number of H-pyrrole nitrogens is 1. The Hall–Kier alpha value is -0.960. The van der Waals surface area contributed by atoms with Gasteiger partial charge < -0.3 is 4.98 Å². The molecule has 2 rings (SSSR count). The van der Waals surface area contributed by atoms with Crippen LogP contribution in [0.5, 0.6) is 0 Å². The Labute approximate surface area is 123 Å².